The van der Waals surface area contributed by atoms with Gasteiger partial charge in [0.2, 0.25) is 5.91 Å². The van der Waals surface area contributed by atoms with Crippen molar-refractivity contribution in [2.45, 2.75) is 6.04 Å². The molecule has 1 aromatic rings. The molecule has 2 heterocycles. The van der Waals surface area contributed by atoms with Crippen molar-refractivity contribution in [2.75, 3.05) is 19.1 Å². The Labute approximate surface area is 140 Å². The predicted molar refractivity (Wildman–Crippen MR) is 82.0 cm³/mol. The van der Waals surface area contributed by atoms with Gasteiger partial charge in [0.25, 0.3) is 11.6 Å². The van der Waals surface area contributed by atoms with E-state index in [1.54, 1.807) is 0 Å². The van der Waals surface area contributed by atoms with E-state index in [0.29, 0.717) is 4.90 Å². The van der Waals surface area contributed by atoms with Crippen LogP contribution in [0.1, 0.15) is 0 Å². The Hall–Kier alpha value is -3.50. The molecule has 2 aliphatic heterocycles. The van der Waals surface area contributed by atoms with Gasteiger partial charge in [-0.3, -0.25) is 25.1 Å². The van der Waals surface area contributed by atoms with E-state index < -0.39 is 40.4 Å². The molecule has 0 aliphatic carbocycles. The summed E-state index contributed by atoms with van der Waals surface area (Å²) < 4.78 is 9.47. The summed E-state index contributed by atoms with van der Waals surface area (Å²) in [4.78, 5) is 48.2. The van der Waals surface area contributed by atoms with E-state index in [1.165, 1.54) is 19.2 Å². The van der Waals surface area contributed by atoms with Crippen LogP contribution in [0.3, 0.4) is 0 Å². The molecule has 11 heteroatoms. The first-order chi connectivity index (χ1) is 11.9. The minimum atomic E-state index is -1.19. The first-order valence-electron chi connectivity index (χ1n) is 7.02. The first-order valence-corrected chi connectivity index (χ1v) is 7.02. The third-order valence-corrected chi connectivity index (χ3v) is 3.94. The molecule has 0 aromatic heterocycles. The van der Waals surface area contributed by atoms with Gasteiger partial charge in [-0.2, -0.15) is 5.10 Å². The van der Waals surface area contributed by atoms with Crippen molar-refractivity contribution in [2.24, 2.45) is 11.0 Å². The predicted octanol–water partition coefficient (Wildman–Crippen LogP) is -0.406. The molecule has 2 aliphatic rings. The van der Waals surface area contributed by atoms with E-state index in [-0.39, 0.29) is 17.1 Å². The molecule has 1 N–H and O–H groups in total. The largest absolute Gasteiger partial charge is 0.496 e. The number of nitrogens with zero attached hydrogens (tertiary/aromatic N) is 3. The number of hydrazone groups is 1. The number of carbonyl (C=O) groups excluding carboxylic acids is 3. The number of amides is 2. The standard InChI is InChI=1S/C14H12N4O7/c1-24-6-3-4-7(8(5-6)18(22)23)17-12(19)9-10(13(17)20)15-16-11(9)14(21)25-2/h3-5,9-10,15H,1-2H3. The highest BCUT2D eigenvalue weighted by atomic mass is 16.6. The number of fused-ring (bicyclic) bond motifs is 1. The Balaban J connectivity index is 2.04. The Bertz CT molecular complexity index is 834. The number of hydrogen-bond acceptors (Lipinski definition) is 9. The number of methoxy groups -OCH3 is 2. The van der Waals surface area contributed by atoms with Gasteiger partial charge in [-0.1, -0.05) is 0 Å². The smallest absolute Gasteiger partial charge is 0.355 e. The van der Waals surface area contributed by atoms with Crippen LogP contribution in [0.2, 0.25) is 0 Å². The zero-order chi connectivity index (χ0) is 18.3. The molecular formula is C14H12N4O7. The number of carbonyl (C=O) groups is 3. The Morgan fingerprint density at radius 1 is 1.32 bits per heavy atom. The number of nitro benzene ring substituents is 1. The van der Waals surface area contributed by atoms with Gasteiger partial charge in [-0.15, -0.1) is 0 Å². The highest BCUT2D eigenvalue weighted by Gasteiger charge is 2.56. The van der Waals surface area contributed by atoms with Crippen LogP contribution in [0.4, 0.5) is 11.4 Å². The van der Waals surface area contributed by atoms with E-state index in [0.717, 1.165) is 13.2 Å². The molecule has 0 saturated carbocycles. The van der Waals surface area contributed by atoms with Crippen molar-refractivity contribution in [3.8, 4) is 5.75 Å². The van der Waals surface area contributed by atoms with Crippen LogP contribution in [-0.4, -0.2) is 48.7 Å². The van der Waals surface area contributed by atoms with Crippen molar-refractivity contribution in [3.63, 3.8) is 0 Å². The second kappa shape index (κ2) is 5.85. The summed E-state index contributed by atoms with van der Waals surface area (Å²) >= 11 is 0. The zero-order valence-electron chi connectivity index (χ0n) is 13.1. The maximum atomic E-state index is 12.7. The molecule has 1 saturated heterocycles. The van der Waals surface area contributed by atoms with Crippen molar-refractivity contribution in [1.82, 2.24) is 5.43 Å². The Kier molecular flexibility index (Phi) is 3.83. The average Bonchev–Trinajstić information content (AvgIpc) is 3.14. The van der Waals surface area contributed by atoms with E-state index in [4.69, 9.17) is 4.74 Å². The van der Waals surface area contributed by atoms with E-state index in [9.17, 15) is 24.5 Å². The van der Waals surface area contributed by atoms with Crippen LogP contribution < -0.4 is 15.1 Å². The van der Waals surface area contributed by atoms with Crippen LogP contribution in [0.5, 0.6) is 5.75 Å². The van der Waals surface area contributed by atoms with Crippen molar-refractivity contribution in [3.05, 3.63) is 28.3 Å². The molecule has 2 atom stereocenters. The molecule has 11 nitrogen and oxygen atoms in total. The molecule has 0 bridgehead atoms. The first kappa shape index (κ1) is 16.4. The lowest BCUT2D eigenvalue weighted by molar-refractivity contribution is -0.384. The summed E-state index contributed by atoms with van der Waals surface area (Å²) in [6, 6.07) is 2.62. The average molecular weight is 348 g/mol. The van der Waals surface area contributed by atoms with Crippen LogP contribution in [0.25, 0.3) is 0 Å². The third kappa shape index (κ3) is 2.36. The minimum absolute atomic E-state index is 0.199. The molecular weight excluding hydrogens is 336 g/mol. The number of ether oxygens (including phenoxy) is 2. The summed E-state index contributed by atoms with van der Waals surface area (Å²) in [5.74, 6) is -3.39. The zero-order valence-corrected chi connectivity index (χ0v) is 13.1. The molecule has 3 rings (SSSR count). The fraction of sp³-hybridized carbons (Fsp3) is 0.286. The summed E-state index contributed by atoms with van der Waals surface area (Å²) in [6.45, 7) is 0. The van der Waals surface area contributed by atoms with Crippen molar-refractivity contribution in [1.29, 1.82) is 0 Å². The maximum Gasteiger partial charge on any atom is 0.355 e. The number of hydrogen-bond donors (Lipinski definition) is 1. The van der Waals surface area contributed by atoms with Crippen LogP contribution in [0.15, 0.2) is 23.3 Å². The summed E-state index contributed by atoms with van der Waals surface area (Å²) in [5, 5.41) is 15.0. The number of esters is 1. The number of anilines is 1. The summed E-state index contributed by atoms with van der Waals surface area (Å²) in [6.07, 6.45) is 0. The number of benzene rings is 1. The van der Waals surface area contributed by atoms with Gasteiger partial charge in [0, 0.05) is 0 Å². The van der Waals surface area contributed by atoms with Gasteiger partial charge in [-0.05, 0) is 12.1 Å². The quantitative estimate of drug-likeness (QED) is 0.335. The number of nitrogens with one attached hydrogen (secondary N) is 1. The molecule has 2 unspecified atom stereocenters. The molecule has 25 heavy (non-hydrogen) atoms. The number of imide groups is 1. The van der Waals surface area contributed by atoms with Crippen molar-refractivity contribution >= 4 is 34.9 Å². The molecule has 0 radical (unpaired) electrons. The molecule has 1 fully saturated rings. The van der Waals surface area contributed by atoms with E-state index in [2.05, 4.69) is 15.3 Å². The van der Waals surface area contributed by atoms with Crippen molar-refractivity contribution < 1.29 is 28.8 Å². The van der Waals surface area contributed by atoms with E-state index in [1.807, 2.05) is 0 Å². The SMILES string of the molecule is COC(=O)C1=NNC2C(=O)N(c3ccc(OC)cc3[N+](=O)[O-])C(=O)C12. The minimum Gasteiger partial charge on any atom is -0.496 e. The lowest BCUT2D eigenvalue weighted by Gasteiger charge is -2.16. The maximum absolute atomic E-state index is 12.7. The topological polar surface area (TPSA) is 140 Å². The van der Waals surface area contributed by atoms with Gasteiger partial charge in [0.05, 0.1) is 25.2 Å². The third-order valence-electron chi connectivity index (χ3n) is 3.94. The fourth-order valence-corrected chi connectivity index (χ4v) is 2.77. The second-order valence-electron chi connectivity index (χ2n) is 5.20. The lowest BCUT2D eigenvalue weighted by Crippen LogP contribution is -2.36. The molecule has 1 aromatic carbocycles. The second-order valence-corrected chi connectivity index (χ2v) is 5.20. The fourth-order valence-electron chi connectivity index (χ4n) is 2.77. The summed E-state index contributed by atoms with van der Waals surface area (Å²) in [7, 11) is 2.45. The Morgan fingerprint density at radius 2 is 2.04 bits per heavy atom. The van der Waals surface area contributed by atoms with E-state index >= 15 is 0 Å². The monoisotopic (exact) mass is 348 g/mol. The van der Waals surface area contributed by atoms with Crippen LogP contribution in [0, 0.1) is 16.0 Å². The molecule has 2 amide bonds. The number of rotatable bonds is 4. The normalized spacial score (nSPS) is 21.5. The van der Waals surface area contributed by atoms with Crippen LogP contribution in [-0.2, 0) is 19.1 Å². The van der Waals surface area contributed by atoms with Gasteiger partial charge in [-0.25, -0.2) is 9.69 Å². The van der Waals surface area contributed by atoms with Crippen LogP contribution >= 0.6 is 0 Å². The lowest BCUT2D eigenvalue weighted by atomic mass is 9.99. The van der Waals surface area contributed by atoms with Gasteiger partial charge >= 0.3 is 5.97 Å². The molecule has 130 valence electrons. The Morgan fingerprint density at radius 3 is 2.64 bits per heavy atom. The molecule has 0 spiro atoms. The van der Waals surface area contributed by atoms with Gasteiger partial charge in [0.15, 0.2) is 5.71 Å². The highest BCUT2D eigenvalue weighted by molar-refractivity contribution is 6.46. The summed E-state index contributed by atoms with van der Waals surface area (Å²) in [5.41, 5.74) is 1.49. The van der Waals surface area contributed by atoms with Gasteiger partial charge < -0.3 is 9.47 Å². The van der Waals surface area contributed by atoms with Gasteiger partial charge in [0.1, 0.15) is 23.4 Å². The number of nitro groups is 1. The highest BCUT2D eigenvalue weighted by Crippen LogP contribution is 2.37.